The number of amides is 1. The Bertz CT molecular complexity index is 1530. The van der Waals surface area contributed by atoms with Crippen LogP contribution in [0.1, 0.15) is 37.3 Å². The van der Waals surface area contributed by atoms with Gasteiger partial charge >= 0.3 is 0 Å². The Morgan fingerprint density at radius 3 is 2.56 bits per heavy atom. The molecule has 236 valence electrons. The number of likely N-dealkylation sites (N-methyl/N-ethyl adjacent to an activating group) is 1. The Morgan fingerprint density at radius 1 is 1.02 bits per heavy atom. The number of ether oxygens (including phenoxy) is 1. The highest BCUT2D eigenvalue weighted by Gasteiger charge is 2.44. The van der Waals surface area contributed by atoms with Crippen LogP contribution >= 0.6 is 0 Å². The van der Waals surface area contributed by atoms with E-state index in [0.717, 1.165) is 38.0 Å². The van der Waals surface area contributed by atoms with Crippen LogP contribution in [0.5, 0.6) is 5.75 Å². The molecule has 11 nitrogen and oxygen atoms in total. The third-order valence-electron chi connectivity index (χ3n) is 9.82. The molecule has 5 heterocycles. The molecule has 0 spiro atoms. The molecular formula is C34H42N8O3. The average Bonchev–Trinajstić information content (AvgIpc) is 3.82. The summed E-state index contributed by atoms with van der Waals surface area (Å²) in [5, 5.41) is 8.29. The van der Waals surface area contributed by atoms with Crippen LogP contribution in [0, 0.1) is 0 Å². The summed E-state index contributed by atoms with van der Waals surface area (Å²) in [6.07, 6.45) is 7.17. The minimum Gasteiger partial charge on any atom is -0.494 e. The van der Waals surface area contributed by atoms with E-state index in [9.17, 15) is 4.79 Å². The summed E-state index contributed by atoms with van der Waals surface area (Å²) in [7, 11) is 3.91. The molecular weight excluding hydrogens is 568 g/mol. The Morgan fingerprint density at radius 2 is 1.84 bits per heavy atom. The van der Waals surface area contributed by atoms with Crippen LogP contribution in [0.3, 0.4) is 0 Å². The summed E-state index contributed by atoms with van der Waals surface area (Å²) < 4.78 is 5.87. The number of hydrogen-bond donors (Lipinski definition) is 2. The van der Waals surface area contributed by atoms with Gasteiger partial charge < -0.3 is 25.2 Å². The van der Waals surface area contributed by atoms with E-state index in [4.69, 9.17) is 9.57 Å². The average molecular weight is 611 g/mol. The van der Waals surface area contributed by atoms with Crippen LogP contribution in [0.15, 0.2) is 67.5 Å². The molecule has 2 N–H and O–H groups in total. The van der Waals surface area contributed by atoms with Gasteiger partial charge in [0.05, 0.1) is 36.8 Å². The number of piperazine rings is 1. The first-order chi connectivity index (χ1) is 22.0. The number of carbonyl (C=O) groups excluding carboxylic acids is 1. The van der Waals surface area contributed by atoms with Crippen molar-refractivity contribution in [1.29, 1.82) is 0 Å². The minimum atomic E-state index is -0.262. The van der Waals surface area contributed by atoms with Crippen molar-refractivity contribution in [3.63, 3.8) is 0 Å². The predicted molar refractivity (Wildman–Crippen MR) is 176 cm³/mol. The van der Waals surface area contributed by atoms with Gasteiger partial charge in [-0.25, -0.2) is 15.0 Å². The number of hydrogen-bond acceptors (Lipinski definition) is 10. The van der Waals surface area contributed by atoms with Crippen LogP contribution in [0.2, 0.25) is 0 Å². The number of carbonyl (C=O) groups is 1. The molecule has 4 fully saturated rings. The maximum absolute atomic E-state index is 12.6. The number of anilines is 5. The van der Waals surface area contributed by atoms with Crippen LogP contribution in [-0.2, 0) is 9.63 Å². The standard InChI is InChI=1S/C34H42N8O3/c1-4-34(43)38-27-17-28(37-32-19-33(36-22-35-32)42-29(12-15-45-42)23-8-6-5-7-9-23)31(44-3)18-30(27)40-13-10-24(11-14-40)41-21-25-16-26(41)20-39(25)2/h4-9,17-19,22,24-26,29H,1,10-16,20-21H2,2-3H3,(H,38,43)(H,35,36,37)/t25?,26?,29-/m1/s1. The molecule has 2 unspecified atom stereocenters. The quantitative estimate of drug-likeness (QED) is 0.335. The molecule has 0 aliphatic carbocycles. The molecule has 3 atom stereocenters. The second kappa shape index (κ2) is 12.7. The lowest BCUT2D eigenvalue weighted by atomic mass is 10.0. The Kier molecular flexibility index (Phi) is 8.31. The zero-order chi connectivity index (χ0) is 30.9. The van der Waals surface area contributed by atoms with Crippen molar-refractivity contribution in [2.75, 3.05) is 67.5 Å². The van der Waals surface area contributed by atoms with E-state index in [2.05, 4.69) is 61.1 Å². The number of fused-ring (bicyclic) bond motifs is 2. The molecule has 4 saturated heterocycles. The second-order valence-corrected chi connectivity index (χ2v) is 12.4. The van der Waals surface area contributed by atoms with Crippen molar-refractivity contribution in [3.05, 3.63) is 73.1 Å². The van der Waals surface area contributed by atoms with Gasteiger partial charge in [-0.3, -0.25) is 14.5 Å². The number of nitrogens with one attached hydrogen (secondary N) is 2. The fraction of sp³-hybridized carbons (Fsp3) is 0.441. The third-order valence-corrected chi connectivity index (χ3v) is 9.82. The Hall–Kier alpha value is -4.19. The summed E-state index contributed by atoms with van der Waals surface area (Å²) in [5.41, 5.74) is 3.49. The van der Waals surface area contributed by atoms with Gasteiger partial charge in [0.15, 0.2) is 5.82 Å². The van der Waals surface area contributed by atoms with Crippen LogP contribution in [0.4, 0.5) is 28.7 Å². The summed E-state index contributed by atoms with van der Waals surface area (Å²) in [4.78, 5) is 35.2. The summed E-state index contributed by atoms with van der Waals surface area (Å²) in [5.74, 6) is 1.64. The summed E-state index contributed by atoms with van der Waals surface area (Å²) >= 11 is 0. The smallest absolute Gasteiger partial charge is 0.247 e. The van der Waals surface area contributed by atoms with Crippen LogP contribution in [-0.4, -0.2) is 90.7 Å². The number of benzene rings is 2. The van der Waals surface area contributed by atoms with Gasteiger partial charge in [-0.2, -0.15) is 0 Å². The first-order valence-corrected chi connectivity index (χ1v) is 15.9. The predicted octanol–water partition coefficient (Wildman–Crippen LogP) is 4.59. The van der Waals surface area contributed by atoms with Gasteiger partial charge in [0.2, 0.25) is 5.91 Å². The lowest BCUT2D eigenvalue weighted by Gasteiger charge is -2.43. The summed E-state index contributed by atoms with van der Waals surface area (Å²) in [6.45, 7) is 8.47. The van der Waals surface area contributed by atoms with E-state index in [1.54, 1.807) is 7.11 Å². The number of piperidine rings is 1. The maximum atomic E-state index is 12.6. The number of hydroxylamine groups is 1. The topological polar surface area (TPSA) is 98.3 Å². The first-order valence-electron chi connectivity index (χ1n) is 15.9. The lowest BCUT2D eigenvalue weighted by Crippen LogP contribution is -2.52. The fourth-order valence-corrected chi connectivity index (χ4v) is 7.51. The third kappa shape index (κ3) is 5.95. The van der Waals surface area contributed by atoms with Crippen molar-refractivity contribution < 1.29 is 14.4 Å². The molecule has 0 saturated carbocycles. The zero-order valence-corrected chi connectivity index (χ0v) is 26.1. The molecule has 2 aromatic carbocycles. The van der Waals surface area contributed by atoms with E-state index >= 15 is 0 Å². The molecule has 4 aliphatic heterocycles. The molecule has 3 aromatic rings. The van der Waals surface area contributed by atoms with E-state index in [1.165, 1.54) is 37.5 Å². The number of nitrogens with zero attached hydrogens (tertiary/aromatic N) is 6. The first kappa shape index (κ1) is 29.5. The largest absolute Gasteiger partial charge is 0.494 e. The maximum Gasteiger partial charge on any atom is 0.247 e. The fourth-order valence-electron chi connectivity index (χ4n) is 7.51. The second-order valence-electron chi connectivity index (χ2n) is 12.4. The molecule has 1 aromatic heterocycles. The van der Waals surface area contributed by atoms with Gasteiger partial charge in [-0.15, -0.1) is 0 Å². The highest BCUT2D eigenvalue weighted by atomic mass is 16.7. The van der Waals surface area contributed by atoms with Crippen LogP contribution < -0.4 is 25.3 Å². The van der Waals surface area contributed by atoms with Gasteiger partial charge in [-0.1, -0.05) is 36.9 Å². The molecule has 2 bridgehead atoms. The van der Waals surface area contributed by atoms with Gasteiger partial charge in [-0.05, 0) is 44.0 Å². The zero-order valence-electron chi connectivity index (χ0n) is 26.1. The SMILES string of the molecule is C=CC(=O)Nc1cc(Nc2cc(N3OCC[C@@H]3c3ccccc3)ncn2)c(OC)cc1N1CCC(N2CC3CC2CN3C)CC1. The van der Waals surface area contributed by atoms with Crippen LogP contribution in [0.25, 0.3) is 0 Å². The molecule has 0 radical (unpaired) electrons. The van der Waals surface area contributed by atoms with E-state index < -0.39 is 0 Å². The molecule has 11 heteroatoms. The Labute approximate surface area is 264 Å². The number of methoxy groups -OCH3 is 1. The van der Waals surface area contributed by atoms with Crippen molar-refractivity contribution in [2.45, 2.75) is 49.9 Å². The molecule has 45 heavy (non-hydrogen) atoms. The normalized spacial score (nSPS) is 23.8. The number of likely N-dealkylation sites (tertiary alicyclic amines) is 2. The number of aromatic nitrogens is 2. The van der Waals surface area contributed by atoms with Crippen molar-refractivity contribution in [3.8, 4) is 5.75 Å². The summed E-state index contributed by atoms with van der Waals surface area (Å²) in [6, 6.07) is 18.1. The van der Waals surface area contributed by atoms with E-state index in [0.29, 0.717) is 53.5 Å². The van der Waals surface area contributed by atoms with E-state index in [-0.39, 0.29) is 11.9 Å². The number of rotatable bonds is 9. The minimum absolute atomic E-state index is 0.0644. The van der Waals surface area contributed by atoms with Gasteiger partial charge in [0.25, 0.3) is 0 Å². The van der Waals surface area contributed by atoms with Gasteiger partial charge in [0.1, 0.15) is 17.9 Å². The van der Waals surface area contributed by atoms with Gasteiger partial charge in [0, 0.05) is 62.9 Å². The van der Waals surface area contributed by atoms with Crippen molar-refractivity contribution in [1.82, 2.24) is 19.8 Å². The highest BCUT2D eigenvalue weighted by molar-refractivity contribution is 6.02. The van der Waals surface area contributed by atoms with E-state index in [1.807, 2.05) is 41.5 Å². The molecule has 1 amide bonds. The van der Waals surface area contributed by atoms with Crippen molar-refractivity contribution in [2.24, 2.45) is 0 Å². The molecule has 7 rings (SSSR count). The lowest BCUT2D eigenvalue weighted by molar-refractivity contribution is -0.111. The molecule has 4 aliphatic rings. The highest BCUT2D eigenvalue weighted by Crippen LogP contribution is 2.41. The Balaban J connectivity index is 1.11. The monoisotopic (exact) mass is 610 g/mol. The van der Waals surface area contributed by atoms with Crippen molar-refractivity contribution >= 4 is 34.6 Å².